The Morgan fingerprint density at radius 3 is 2.22 bits per heavy atom. The third kappa shape index (κ3) is 2.79. The van der Waals surface area contributed by atoms with Gasteiger partial charge in [0.2, 0.25) is 0 Å². The Labute approximate surface area is 140 Å². The number of hydrogen-bond donors (Lipinski definition) is 0. The van der Waals surface area contributed by atoms with E-state index < -0.39 is 0 Å². The summed E-state index contributed by atoms with van der Waals surface area (Å²) < 4.78 is 0. The molecule has 2 aromatic carbocycles. The molecule has 1 atom stereocenters. The molecule has 0 aromatic heterocycles. The molecule has 1 aliphatic rings. The molecule has 0 saturated carbocycles. The minimum Gasteiger partial charge on any atom is -0.0773 e. The summed E-state index contributed by atoms with van der Waals surface area (Å²) in [6.07, 6.45) is 4.71. The van der Waals surface area contributed by atoms with Crippen molar-refractivity contribution in [1.82, 2.24) is 0 Å². The number of aryl methyl sites for hydroxylation is 1. The molecule has 0 fully saturated rings. The van der Waals surface area contributed by atoms with Gasteiger partial charge in [-0.1, -0.05) is 80.1 Å². The first-order valence-electron chi connectivity index (χ1n) is 8.43. The van der Waals surface area contributed by atoms with Crippen LogP contribution in [-0.4, -0.2) is 0 Å². The van der Waals surface area contributed by atoms with Gasteiger partial charge in [-0.15, -0.1) is 0 Å². The molecule has 118 valence electrons. The molecule has 0 spiro atoms. The lowest BCUT2D eigenvalue weighted by Gasteiger charge is -2.37. The summed E-state index contributed by atoms with van der Waals surface area (Å²) in [6, 6.07) is 17.5. The molecule has 0 nitrogen and oxygen atoms in total. The SMILES string of the molecule is CC1=C(c2cccc(C)c2C)C=CC(C)(C)C1c1ccccc1. The maximum atomic E-state index is 2.38. The molecule has 1 unspecified atom stereocenters. The minimum atomic E-state index is 0.132. The average molecular weight is 302 g/mol. The summed E-state index contributed by atoms with van der Waals surface area (Å²) >= 11 is 0. The van der Waals surface area contributed by atoms with Crippen molar-refractivity contribution >= 4 is 5.57 Å². The lowest BCUT2D eigenvalue weighted by atomic mass is 9.66. The highest BCUT2D eigenvalue weighted by atomic mass is 14.4. The van der Waals surface area contributed by atoms with Crippen LogP contribution in [-0.2, 0) is 0 Å². The van der Waals surface area contributed by atoms with Crippen molar-refractivity contribution in [1.29, 1.82) is 0 Å². The van der Waals surface area contributed by atoms with Gasteiger partial charge in [0.15, 0.2) is 0 Å². The van der Waals surface area contributed by atoms with Gasteiger partial charge in [0.05, 0.1) is 0 Å². The van der Waals surface area contributed by atoms with E-state index in [9.17, 15) is 0 Å². The highest BCUT2D eigenvalue weighted by molar-refractivity contribution is 5.81. The molecule has 0 bridgehead atoms. The van der Waals surface area contributed by atoms with Crippen LogP contribution in [0.5, 0.6) is 0 Å². The monoisotopic (exact) mass is 302 g/mol. The third-order valence-electron chi connectivity index (χ3n) is 5.31. The third-order valence-corrected chi connectivity index (χ3v) is 5.31. The highest BCUT2D eigenvalue weighted by Gasteiger charge is 2.34. The van der Waals surface area contributed by atoms with Gasteiger partial charge >= 0.3 is 0 Å². The standard InChI is InChI=1S/C23H26/c1-16-10-9-13-20(17(16)2)21-14-15-23(4,5)22(18(21)3)19-11-7-6-8-12-19/h6-15,22H,1-5H3. The van der Waals surface area contributed by atoms with Gasteiger partial charge in [-0.3, -0.25) is 0 Å². The second-order valence-corrected chi connectivity index (χ2v) is 7.34. The number of rotatable bonds is 2. The fraction of sp³-hybridized carbons (Fsp3) is 0.304. The molecule has 2 aromatic rings. The summed E-state index contributed by atoms with van der Waals surface area (Å²) in [5.41, 5.74) is 8.51. The van der Waals surface area contributed by atoms with Crippen LogP contribution in [0.2, 0.25) is 0 Å². The molecular weight excluding hydrogens is 276 g/mol. The van der Waals surface area contributed by atoms with Gasteiger partial charge < -0.3 is 0 Å². The Balaban J connectivity index is 2.18. The van der Waals surface area contributed by atoms with Gasteiger partial charge in [0, 0.05) is 5.92 Å². The first-order chi connectivity index (χ1) is 10.9. The van der Waals surface area contributed by atoms with E-state index in [0.717, 1.165) is 0 Å². The largest absolute Gasteiger partial charge is 0.0773 e. The minimum absolute atomic E-state index is 0.132. The van der Waals surface area contributed by atoms with Crippen molar-refractivity contribution in [2.45, 2.75) is 40.5 Å². The summed E-state index contributed by atoms with van der Waals surface area (Å²) in [6.45, 7) is 11.4. The van der Waals surface area contributed by atoms with Crippen LogP contribution in [0.3, 0.4) is 0 Å². The molecular formula is C23H26. The molecule has 0 heteroatoms. The Morgan fingerprint density at radius 2 is 1.52 bits per heavy atom. The van der Waals surface area contributed by atoms with Gasteiger partial charge in [0.25, 0.3) is 0 Å². The maximum Gasteiger partial charge on any atom is 0.0140 e. The van der Waals surface area contributed by atoms with E-state index in [0.29, 0.717) is 5.92 Å². The zero-order chi connectivity index (χ0) is 16.6. The van der Waals surface area contributed by atoms with Crippen molar-refractivity contribution in [3.8, 4) is 0 Å². The van der Waals surface area contributed by atoms with Gasteiger partial charge in [-0.25, -0.2) is 0 Å². The lowest BCUT2D eigenvalue weighted by molar-refractivity contribution is 0.408. The van der Waals surface area contributed by atoms with Crippen LogP contribution in [0.15, 0.2) is 66.3 Å². The Bertz CT molecular complexity index is 773. The van der Waals surface area contributed by atoms with Gasteiger partial charge in [-0.2, -0.15) is 0 Å². The van der Waals surface area contributed by atoms with Crippen LogP contribution < -0.4 is 0 Å². The first kappa shape index (κ1) is 15.8. The second-order valence-electron chi connectivity index (χ2n) is 7.34. The normalized spacial score (nSPS) is 20.0. The van der Waals surface area contributed by atoms with E-state index in [-0.39, 0.29) is 5.41 Å². The highest BCUT2D eigenvalue weighted by Crippen LogP contribution is 2.48. The second kappa shape index (κ2) is 5.85. The van der Waals surface area contributed by atoms with Crippen LogP contribution in [0.4, 0.5) is 0 Å². The average Bonchev–Trinajstić information content (AvgIpc) is 2.51. The van der Waals surface area contributed by atoms with Crippen molar-refractivity contribution in [2.75, 3.05) is 0 Å². The molecule has 0 amide bonds. The topological polar surface area (TPSA) is 0 Å². The van der Waals surface area contributed by atoms with Crippen molar-refractivity contribution in [3.63, 3.8) is 0 Å². The summed E-state index contributed by atoms with van der Waals surface area (Å²) in [5, 5.41) is 0. The van der Waals surface area contributed by atoms with Crippen LogP contribution in [0.1, 0.15) is 48.9 Å². The van der Waals surface area contributed by atoms with E-state index >= 15 is 0 Å². The van der Waals surface area contributed by atoms with E-state index in [1.165, 1.54) is 33.4 Å². The zero-order valence-electron chi connectivity index (χ0n) is 14.9. The quantitative estimate of drug-likeness (QED) is 0.597. The fourth-order valence-corrected chi connectivity index (χ4v) is 3.91. The van der Waals surface area contributed by atoms with Crippen LogP contribution in [0, 0.1) is 19.3 Å². The molecule has 0 radical (unpaired) electrons. The smallest absolute Gasteiger partial charge is 0.0140 e. The Kier molecular flexibility index (Phi) is 4.02. The van der Waals surface area contributed by atoms with Crippen LogP contribution >= 0.6 is 0 Å². The predicted molar refractivity (Wildman–Crippen MR) is 101 cm³/mol. The van der Waals surface area contributed by atoms with Crippen LogP contribution in [0.25, 0.3) is 5.57 Å². The summed E-state index contributed by atoms with van der Waals surface area (Å²) in [4.78, 5) is 0. The number of allylic oxidation sites excluding steroid dienone is 4. The first-order valence-corrected chi connectivity index (χ1v) is 8.43. The molecule has 1 aliphatic carbocycles. The molecule has 0 heterocycles. The fourth-order valence-electron chi connectivity index (χ4n) is 3.91. The van der Waals surface area contributed by atoms with E-state index in [1.54, 1.807) is 0 Å². The molecule has 23 heavy (non-hydrogen) atoms. The number of benzene rings is 2. The molecule has 0 N–H and O–H groups in total. The van der Waals surface area contributed by atoms with E-state index in [2.05, 4.69) is 95.3 Å². The molecule has 3 rings (SSSR count). The van der Waals surface area contributed by atoms with E-state index in [1.807, 2.05) is 0 Å². The van der Waals surface area contributed by atoms with Crippen molar-refractivity contribution < 1.29 is 0 Å². The van der Waals surface area contributed by atoms with Gasteiger partial charge in [0.1, 0.15) is 0 Å². The Hall–Kier alpha value is -2.08. The number of hydrogen-bond acceptors (Lipinski definition) is 0. The lowest BCUT2D eigenvalue weighted by Crippen LogP contribution is -2.24. The summed E-state index contributed by atoms with van der Waals surface area (Å²) in [5.74, 6) is 0.420. The van der Waals surface area contributed by atoms with Crippen molar-refractivity contribution in [2.24, 2.45) is 5.41 Å². The van der Waals surface area contributed by atoms with E-state index in [4.69, 9.17) is 0 Å². The van der Waals surface area contributed by atoms with Gasteiger partial charge in [-0.05, 0) is 54.0 Å². The molecule has 0 aliphatic heterocycles. The zero-order valence-corrected chi connectivity index (χ0v) is 14.9. The predicted octanol–water partition coefficient (Wildman–Crippen LogP) is 6.46. The Morgan fingerprint density at radius 1 is 0.826 bits per heavy atom. The molecule has 0 saturated heterocycles. The maximum absolute atomic E-state index is 2.38. The van der Waals surface area contributed by atoms with Crippen molar-refractivity contribution in [3.05, 3.63) is 88.5 Å². The summed E-state index contributed by atoms with van der Waals surface area (Å²) in [7, 11) is 0.